The highest BCUT2D eigenvalue weighted by Crippen LogP contribution is 2.66. The van der Waals surface area contributed by atoms with Crippen LogP contribution in [0.2, 0.25) is 0 Å². The van der Waals surface area contributed by atoms with E-state index in [2.05, 4.69) is 6.92 Å². The van der Waals surface area contributed by atoms with Crippen molar-refractivity contribution >= 4 is 23.3 Å². The number of rotatable bonds is 8. The van der Waals surface area contributed by atoms with Crippen LogP contribution in [0.5, 0.6) is 0 Å². The Morgan fingerprint density at radius 3 is 2.36 bits per heavy atom. The molecule has 0 radical (unpaired) electrons. The predicted octanol–water partition coefficient (Wildman–Crippen LogP) is 5.47. The van der Waals surface area contributed by atoms with Crippen molar-refractivity contribution in [1.82, 2.24) is 0 Å². The number of aliphatic hydroxyl groups is 1. The highest BCUT2D eigenvalue weighted by molar-refractivity contribution is 6.01. The maximum absolute atomic E-state index is 13.6. The van der Waals surface area contributed by atoms with E-state index in [1.807, 2.05) is 27.7 Å². The molecule has 3 aliphatic carbocycles. The molecule has 36 heavy (non-hydrogen) atoms. The SMILES string of the molecule is CC1=C[C@]2(O)[C@@H](CC[C@H]3C(C)(C)C(=O)CC[C@@]32C)[C@@](C)(CCC(=O)[C@H](C)CC/C=C(/C)C(=O)O)C1=O. The molecule has 6 atom stereocenters. The van der Waals surface area contributed by atoms with E-state index in [0.717, 1.165) is 6.42 Å². The van der Waals surface area contributed by atoms with Gasteiger partial charge in [-0.2, -0.15) is 0 Å². The summed E-state index contributed by atoms with van der Waals surface area (Å²) in [5.41, 5.74) is -2.30. The number of allylic oxidation sites excluding steroid dienone is 2. The van der Waals surface area contributed by atoms with Gasteiger partial charge in [-0.25, -0.2) is 4.79 Å². The van der Waals surface area contributed by atoms with Gasteiger partial charge in [0.2, 0.25) is 0 Å². The number of carbonyl (C=O) groups is 4. The van der Waals surface area contributed by atoms with Gasteiger partial charge in [-0.05, 0) is 69.9 Å². The Kier molecular flexibility index (Phi) is 7.65. The first-order valence-electron chi connectivity index (χ1n) is 13.4. The topological polar surface area (TPSA) is 109 Å². The number of carboxylic acids is 1. The van der Waals surface area contributed by atoms with Crippen LogP contribution >= 0.6 is 0 Å². The summed E-state index contributed by atoms with van der Waals surface area (Å²) >= 11 is 0. The summed E-state index contributed by atoms with van der Waals surface area (Å²) in [6.07, 6.45) is 7.56. The second-order valence-electron chi connectivity index (χ2n) is 12.8. The van der Waals surface area contributed by atoms with Crippen LogP contribution in [0, 0.1) is 34.0 Å². The maximum Gasteiger partial charge on any atom is 0.330 e. The van der Waals surface area contributed by atoms with Gasteiger partial charge in [-0.1, -0.05) is 40.7 Å². The summed E-state index contributed by atoms with van der Waals surface area (Å²) in [6, 6.07) is 0. The van der Waals surface area contributed by atoms with Gasteiger partial charge in [0.1, 0.15) is 11.6 Å². The van der Waals surface area contributed by atoms with E-state index >= 15 is 0 Å². The molecule has 0 aromatic heterocycles. The van der Waals surface area contributed by atoms with Gasteiger partial charge in [-0.15, -0.1) is 0 Å². The van der Waals surface area contributed by atoms with E-state index in [1.165, 1.54) is 0 Å². The molecule has 0 aliphatic heterocycles. The Bertz CT molecular complexity index is 1020. The standard InChI is InChI=1S/C30H44O6/c1-18(9-8-10-19(2)26(34)35)21(31)13-15-28(6)23-12-11-22-27(4,5)24(32)14-16-29(22,7)30(23,36)17-20(3)25(28)33/h10,17-18,22-23,36H,8-9,11-16H2,1-7H3,(H,34,35)/b19-10-/t18-,22+,23+,28-,29+,30+/m1/s1. The molecule has 3 rings (SSSR count). The summed E-state index contributed by atoms with van der Waals surface area (Å²) in [5.74, 6) is -1.16. The fourth-order valence-electron chi connectivity index (χ4n) is 7.76. The summed E-state index contributed by atoms with van der Waals surface area (Å²) in [6.45, 7) is 13.2. The highest BCUT2D eigenvalue weighted by Gasteiger charge is 2.68. The maximum atomic E-state index is 13.6. The Morgan fingerprint density at radius 1 is 1.14 bits per heavy atom. The zero-order valence-electron chi connectivity index (χ0n) is 23.1. The number of hydrogen-bond donors (Lipinski definition) is 2. The van der Waals surface area contributed by atoms with Crippen LogP contribution in [0.3, 0.4) is 0 Å². The molecule has 2 fully saturated rings. The number of ketones is 3. The van der Waals surface area contributed by atoms with Crippen LogP contribution < -0.4 is 0 Å². The summed E-state index contributed by atoms with van der Waals surface area (Å²) in [7, 11) is 0. The van der Waals surface area contributed by atoms with Gasteiger partial charge in [0.05, 0.1) is 5.60 Å². The smallest absolute Gasteiger partial charge is 0.330 e. The normalized spacial score (nSPS) is 37.0. The van der Waals surface area contributed by atoms with Crippen LogP contribution in [0.25, 0.3) is 0 Å². The van der Waals surface area contributed by atoms with E-state index in [0.29, 0.717) is 44.1 Å². The summed E-state index contributed by atoms with van der Waals surface area (Å²) in [4.78, 5) is 50.3. The molecule has 0 heterocycles. The van der Waals surface area contributed by atoms with Crippen molar-refractivity contribution in [3.05, 3.63) is 23.3 Å². The monoisotopic (exact) mass is 500 g/mol. The fraction of sp³-hybridized carbons (Fsp3) is 0.733. The predicted molar refractivity (Wildman–Crippen MR) is 138 cm³/mol. The molecular formula is C30H44O6. The minimum atomic E-state index is -1.21. The van der Waals surface area contributed by atoms with Crippen LogP contribution in [0.1, 0.15) is 99.8 Å². The van der Waals surface area contributed by atoms with Gasteiger partial charge in [0.15, 0.2) is 5.78 Å². The number of hydrogen-bond acceptors (Lipinski definition) is 5. The summed E-state index contributed by atoms with van der Waals surface area (Å²) < 4.78 is 0. The fourth-order valence-corrected chi connectivity index (χ4v) is 7.76. The van der Waals surface area contributed by atoms with E-state index in [9.17, 15) is 24.3 Å². The average molecular weight is 501 g/mol. The number of aliphatic carboxylic acids is 1. The lowest BCUT2D eigenvalue weighted by molar-refractivity contribution is -0.211. The second-order valence-corrected chi connectivity index (χ2v) is 12.8. The minimum Gasteiger partial charge on any atom is -0.478 e. The Morgan fingerprint density at radius 2 is 1.75 bits per heavy atom. The lowest BCUT2D eigenvalue weighted by Gasteiger charge is -2.65. The molecule has 0 amide bonds. The van der Waals surface area contributed by atoms with Crippen molar-refractivity contribution < 1.29 is 29.4 Å². The van der Waals surface area contributed by atoms with E-state index < -0.39 is 27.8 Å². The Hall–Kier alpha value is -2.08. The number of fused-ring (bicyclic) bond motifs is 3. The highest BCUT2D eigenvalue weighted by atomic mass is 16.4. The minimum absolute atomic E-state index is 0.00541. The molecule has 0 aromatic carbocycles. The third-order valence-corrected chi connectivity index (χ3v) is 10.3. The third kappa shape index (κ3) is 4.44. The average Bonchev–Trinajstić information content (AvgIpc) is 2.79. The summed E-state index contributed by atoms with van der Waals surface area (Å²) in [5, 5.41) is 21.4. The van der Waals surface area contributed by atoms with Crippen LogP contribution in [0.4, 0.5) is 0 Å². The first kappa shape index (κ1) is 28.5. The molecule has 2 N–H and O–H groups in total. The molecule has 0 unspecified atom stereocenters. The number of Topliss-reactive ketones (excluding diaryl/α,β-unsaturated/α-hetero) is 3. The van der Waals surface area contributed by atoms with Crippen molar-refractivity contribution in [3.8, 4) is 0 Å². The van der Waals surface area contributed by atoms with E-state index in [1.54, 1.807) is 26.0 Å². The first-order valence-corrected chi connectivity index (χ1v) is 13.4. The first-order chi connectivity index (χ1) is 16.5. The Balaban J connectivity index is 1.83. The van der Waals surface area contributed by atoms with Gasteiger partial charge < -0.3 is 10.2 Å². The van der Waals surface area contributed by atoms with Crippen molar-refractivity contribution in [2.75, 3.05) is 0 Å². The molecule has 0 bridgehead atoms. The van der Waals surface area contributed by atoms with Crippen molar-refractivity contribution in [2.24, 2.45) is 34.0 Å². The number of carbonyl (C=O) groups excluding carboxylic acids is 3. The zero-order valence-corrected chi connectivity index (χ0v) is 23.1. The lowest BCUT2D eigenvalue weighted by Crippen LogP contribution is -2.68. The van der Waals surface area contributed by atoms with Crippen molar-refractivity contribution in [2.45, 2.75) is 105 Å². The molecule has 0 saturated heterocycles. The van der Waals surface area contributed by atoms with Crippen LogP contribution in [-0.2, 0) is 19.2 Å². The Labute approximate surface area is 215 Å². The third-order valence-electron chi connectivity index (χ3n) is 10.3. The van der Waals surface area contributed by atoms with Gasteiger partial charge >= 0.3 is 5.97 Å². The van der Waals surface area contributed by atoms with Gasteiger partial charge in [0.25, 0.3) is 0 Å². The molecule has 0 spiro atoms. The van der Waals surface area contributed by atoms with Gasteiger partial charge in [0, 0.05) is 46.5 Å². The molecule has 6 heteroatoms. The van der Waals surface area contributed by atoms with E-state index in [4.69, 9.17) is 5.11 Å². The van der Waals surface area contributed by atoms with Crippen LogP contribution in [0.15, 0.2) is 23.3 Å². The largest absolute Gasteiger partial charge is 0.478 e. The van der Waals surface area contributed by atoms with Crippen molar-refractivity contribution in [1.29, 1.82) is 0 Å². The number of carboxylic acid groups (broad SMARTS) is 1. The molecule has 2 saturated carbocycles. The molecule has 6 nitrogen and oxygen atoms in total. The molecule has 200 valence electrons. The second kappa shape index (κ2) is 9.66. The molecular weight excluding hydrogens is 456 g/mol. The van der Waals surface area contributed by atoms with Gasteiger partial charge in [-0.3, -0.25) is 14.4 Å². The quantitative estimate of drug-likeness (QED) is 0.428. The molecule has 0 aromatic rings. The van der Waals surface area contributed by atoms with E-state index in [-0.39, 0.29) is 47.1 Å². The van der Waals surface area contributed by atoms with Crippen molar-refractivity contribution in [3.63, 3.8) is 0 Å². The lowest BCUT2D eigenvalue weighted by atomic mass is 9.40. The van der Waals surface area contributed by atoms with Crippen LogP contribution in [-0.4, -0.2) is 39.1 Å². The molecule has 3 aliphatic rings. The zero-order chi connectivity index (χ0) is 27.3.